The Labute approximate surface area is 202 Å². The second-order valence-electron chi connectivity index (χ2n) is 7.41. The fraction of sp³-hybridized carbons (Fsp3) is 0.478. The first kappa shape index (κ1) is 27.0. The SMILES string of the molecule is CCCCCCCCCCCc1cccc(Oc2ccc([O-])cc2S(=O)(=O)O)c1.[Na+]. The number of aryl methyl sites for hydroxylation is 1. The van der Waals surface area contributed by atoms with E-state index in [-0.39, 0.29) is 35.3 Å². The summed E-state index contributed by atoms with van der Waals surface area (Å²) in [5.41, 5.74) is 1.11. The van der Waals surface area contributed by atoms with Crippen LogP contribution in [-0.4, -0.2) is 13.0 Å². The Morgan fingerprint density at radius 2 is 1.53 bits per heavy atom. The first-order chi connectivity index (χ1) is 13.9. The van der Waals surface area contributed by atoms with Gasteiger partial charge in [-0.15, -0.1) is 5.75 Å². The molecule has 0 unspecified atom stereocenters. The summed E-state index contributed by atoms with van der Waals surface area (Å²) in [6, 6.07) is 10.8. The molecule has 0 bridgehead atoms. The van der Waals surface area contributed by atoms with E-state index in [0.29, 0.717) is 5.75 Å². The summed E-state index contributed by atoms with van der Waals surface area (Å²) in [5.74, 6) is -0.0987. The van der Waals surface area contributed by atoms with Crippen molar-refractivity contribution < 1.29 is 52.4 Å². The van der Waals surface area contributed by atoms with Gasteiger partial charge in [0.05, 0.1) is 0 Å². The van der Waals surface area contributed by atoms with Gasteiger partial charge in [0.1, 0.15) is 16.4 Å². The summed E-state index contributed by atoms with van der Waals surface area (Å²) in [6.45, 7) is 2.23. The van der Waals surface area contributed by atoms with Gasteiger partial charge in [-0.05, 0) is 42.7 Å². The molecule has 0 amide bonds. The zero-order chi connectivity index (χ0) is 21.1. The van der Waals surface area contributed by atoms with Crippen molar-refractivity contribution >= 4 is 10.1 Å². The molecule has 0 heterocycles. The Kier molecular flexibility index (Phi) is 12.7. The van der Waals surface area contributed by atoms with E-state index in [1.54, 1.807) is 6.07 Å². The minimum Gasteiger partial charge on any atom is -0.872 e. The van der Waals surface area contributed by atoms with Crippen molar-refractivity contribution in [2.24, 2.45) is 0 Å². The summed E-state index contributed by atoms with van der Waals surface area (Å²) in [4.78, 5) is -0.519. The zero-order valence-electron chi connectivity index (χ0n) is 18.1. The molecule has 0 aliphatic carbocycles. The van der Waals surface area contributed by atoms with Crippen LogP contribution in [0.15, 0.2) is 47.4 Å². The Morgan fingerprint density at radius 3 is 2.17 bits per heavy atom. The summed E-state index contributed by atoms with van der Waals surface area (Å²) >= 11 is 0. The van der Waals surface area contributed by atoms with Gasteiger partial charge >= 0.3 is 29.6 Å². The third-order valence-corrected chi connectivity index (χ3v) is 5.76. The number of hydrogen-bond donors (Lipinski definition) is 1. The Hall–Kier alpha value is -1.05. The minimum atomic E-state index is -4.54. The predicted octanol–water partition coefficient (Wildman–Crippen LogP) is 2.88. The molecule has 2 rings (SSSR count). The number of unbranched alkanes of at least 4 members (excludes halogenated alkanes) is 8. The molecule has 5 nitrogen and oxygen atoms in total. The third kappa shape index (κ3) is 9.84. The van der Waals surface area contributed by atoms with E-state index in [0.717, 1.165) is 24.5 Å². The Balaban J connectivity index is 0.00000450. The number of ether oxygens (including phenoxy) is 1. The average Bonchev–Trinajstić information content (AvgIpc) is 2.68. The van der Waals surface area contributed by atoms with E-state index < -0.39 is 20.8 Å². The van der Waals surface area contributed by atoms with Crippen molar-refractivity contribution in [2.45, 2.75) is 76.0 Å². The van der Waals surface area contributed by atoms with Crippen LogP contribution in [0.5, 0.6) is 17.2 Å². The zero-order valence-corrected chi connectivity index (χ0v) is 20.9. The topological polar surface area (TPSA) is 86.7 Å². The fourth-order valence-corrected chi connectivity index (χ4v) is 3.93. The monoisotopic (exact) mass is 442 g/mol. The smallest absolute Gasteiger partial charge is 0.872 e. The van der Waals surface area contributed by atoms with Crippen LogP contribution in [-0.2, 0) is 16.5 Å². The third-order valence-electron chi connectivity index (χ3n) is 4.89. The molecule has 160 valence electrons. The molecule has 1 N–H and O–H groups in total. The van der Waals surface area contributed by atoms with Gasteiger partial charge in [0.25, 0.3) is 10.1 Å². The molecule has 30 heavy (non-hydrogen) atoms. The molecule has 2 aromatic rings. The molecular formula is C23H31NaO5S. The van der Waals surface area contributed by atoms with Gasteiger partial charge in [-0.25, -0.2) is 0 Å². The normalized spacial score (nSPS) is 11.1. The predicted molar refractivity (Wildman–Crippen MR) is 113 cm³/mol. The number of benzene rings is 2. The standard InChI is InChI=1S/C23H32O5S.Na/c1-2-3-4-5-6-7-8-9-10-12-19-13-11-14-21(17-19)28-22-16-15-20(24)18-23(22)29(25,26)27;/h11,13-18,24H,2-10,12H2,1H3,(H,25,26,27);/q;+1/p-1. The maximum absolute atomic E-state index is 11.5. The molecule has 0 fully saturated rings. The van der Waals surface area contributed by atoms with Crippen LogP contribution < -0.4 is 39.4 Å². The number of hydrogen-bond acceptors (Lipinski definition) is 4. The largest absolute Gasteiger partial charge is 1.00 e. The maximum Gasteiger partial charge on any atom is 1.00 e. The van der Waals surface area contributed by atoms with Crippen molar-refractivity contribution in [3.05, 3.63) is 48.0 Å². The van der Waals surface area contributed by atoms with Crippen molar-refractivity contribution in [1.29, 1.82) is 0 Å². The molecule has 7 heteroatoms. The molecule has 0 spiro atoms. The van der Waals surface area contributed by atoms with Gasteiger partial charge in [-0.3, -0.25) is 4.55 Å². The average molecular weight is 443 g/mol. The minimum absolute atomic E-state index is 0. The molecular weight excluding hydrogens is 411 g/mol. The van der Waals surface area contributed by atoms with Gasteiger partial charge in [-0.2, -0.15) is 8.42 Å². The summed E-state index contributed by atoms with van der Waals surface area (Å²) in [5, 5.41) is 11.4. The molecule has 0 radical (unpaired) electrons. The van der Waals surface area contributed by atoms with Crippen molar-refractivity contribution in [3.63, 3.8) is 0 Å². The van der Waals surface area contributed by atoms with Crippen LogP contribution in [0.1, 0.15) is 70.3 Å². The van der Waals surface area contributed by atoms with Crippen LogP contribution in [0.3, 0.4) is 0 Å². The van der Waals surface area contributed by atoms with Gasteiger partial charge in [-0.1, -0.05) is 76.5 Å². The molecule has 0 saturated heterocycles. The molecule has 0 aliphatic rings. The van der Waals surface area contributed by atoms with E-state index in [4.69, 9.17) is 4.74 Å². The van der Waals surface area contributed by atoms with Crippen molar-refractivity contribution in [1.82, 2.24) is 0 Å². The van der Waals surface area contributed by atoms with Crippen LogP contribution in [0.2, 0.25) is 0 Å². The van der Waals surface area contributed by atoms with Crippen LogP contribution >= 0.6 is 0 Å². The molecule has 2 aromatic carbocycles. The van der Waals surface area contributed by atoms with Gasteiger partial charge in [0.2, 0.25) is 0 Å². The van der Waals surface area contributed by atoms with Gasteiger partial charge < -0.3 is 9.84 Å². The first-order valence-electron chi connectivity index (χ1n) is 10.5. The first-order valence-corrected chi connectivity index (χ1v) is 11.9. The van der Waals surface area contributed by atoms with Crippen LogP contribution in [0.25, 0.3) is 0 Å². The van der Waals surface area contributed by atoms with E-state index >= 15 is 0 Å². The molecule has 0 atom stereocenters. The molecule has 0 saturated carbocycles. The van der Waals surface area contributed by atoms with Crippen molar-refractivity contribution in [3.8, 4) is 17.2 Å². The number of rotatable bonds is 13. The maximum atomic E-state index is 11.5. The summed E-state index contributed by atoms with van der Waals surface area (Å²) in [6.07, 6.45) is 12.4. The quantitative estimate of drug-likeness (QED) is 0.293. The second kappa shape index (κ2) is 14.1. The fourth-order valence-electron chi connectivity index (χ4n) is 3.31. The molecule has 0 aliphatic heterocycles. The van der Waals surface area contributed by atoms with Gasteiger partial charge in [0.15, 0.2) is 0 Å². The van der Waals surface area contributed by atoms with E-state index in [2.05, 4.69) is 6.92 Å². The molecule has 0 aromatic heterocycles. The summed E-state index contributed by atoms with van der Waals surface area (Å²) in [7, 11) is -4.54. The van der Waals surface area contributed by atoms with Crippen LogP contribution in [0.4, 0.5) is 0 Å². The van der Waals surface area contributed by atoms with Gasteiger partial charge in [0, 0.05) is 0 Å². The Bertz CT molecular complexity index is 868. The van der Waals surface area contributed by atoms with E-state index in [9.17, 15) is 18.1 Å². The van der Waals surface area contributed by atoms with Crippen molar-refractivity contribution in [2.75, 3.05) is 0 Å². The van der Waals surface area contributed by atoms with Crippen LogP contribution in [0, 0.1) is 0 Å². The summed E-state index contributed by atoms with van der Waals surface area (Å²) < 4.78 is 38.0. The van der Waals surface area contributed by atoms with E-state index in [1.807, 2.05) is 18.2 Å². The Morgan fingerprint density at radius 1 is 0.900 bits per heavy atom. The van der Waals surface area contributed by atoms with E-state index in [1.165, 1.54) is 63.5 Å². The second-order valence-corrected chi connectivity index (χ2v) is 8.80.